The smallest absolute Gasteiger partial charge is 0.335 e. The van der Waals surface area contributed by atoms with E-state index in [0.717, 1.165) is 16.7 Å². The maximum Gasteiger partial charge on any atom is 0.335 e. The first-order chi connectivity index (χ1) is 7.68. The fourth-order valence-electron chi connectivity index (χ4n) is 1.72. The van der Waals surface area contributed by atoms with E-state index in [-0.39, 0.29) is 0 Å². The fraction of sp³-hybridized carbons (Fsp3) is 0.0714. The third-order valence-corrected chi connectivity index (χ3v) is 2.57. The highest BCUT2D eigenvalue weighted by Crippen LogP contribution is 2.23. The van der Waals surface area contributed by atoms with Gasteiger partial charge < -0.3 is 5.11 Å². The molecule has 0 amide bonds. The Morgan fingerprint density at radius 1 is 1.06 bits per heavy atom. The van der Waals surface area contributed by atoms with Crippen LogP contribution in [0.2, 0.25) is 0 Å². The lowest BCUT2D eigenvalue weighted by atomic mass is 9.99. The molecule has 16 heavy (non-hydrogen) atoms. The predicted octanol–water partition coefficient (Wildman–Crippen LogP) is 3.36. The van der Waals surface area contributed by atoms with Crippen LogP contribution in [0.3, 0.4) is 0 Å². The third-order valence-electron chi connectivity index (χ3n) is 2.57. The van der Waals surface area contributed by atoms with Gasteiger partial charge in [0.2, 0.25) is 0 Å². The van der Waals surface area contributed by atoms with Gasteiger partial charge in [-0.3, -0.25) is 0 Å². The van der Waals surface area contributed by atoms with Gasteiger partial charge in [0.1, 0.15) is 0 Å². The number of hydrogen-bond acceptors (Lipinski definition) is 1. The standard InChI is InChI=1S/C14H12O2/c1-10-5-2-3-8-13(10)11-6-4-7-12(9-11)14(15)16/h2-9H,1H3,(H,15,16). The van der Waals surface area contributed by atoms with Gasteiger partial charge in [0.15, 0.2) is 0 Å². The molecule has 1 N–H and O–H groups in total. The molecule has 2 aromatic rings. The van der Waals surface area contributed by atoms with E-state index < -0.39 is 5.97 Å². The van der Waals surface area contributed by atoms with Gasteiger partial charge in [0, 0.05) is 0 Å². The third kappa shape index (κ3) is 1.96. The van der Waals surface area contributed by atoms with E-state index in [0.29, 0.717) is 5.56 Å². The van der Waals surface area contributed by atoms with Crippen LogP contribution < -0.4 is 0 Å². The molecule has 0 saturated heterocycles. The van der Waals surface area contributed by atoms with Crippen molar-refractivity contribution < 1.29 is 9.90 Å². The van der Waals surface area contributed by atoms with Gasteiger partial charge >= 0.3 is 5.97 Å². The molecule has 2 nitrogen and oxygen atoms in total. The summed E-state index contributed by atoms with van der Waals surface area (Å²) in [4.78, 5) is 10.9. The second-order valence-electron chi connectivity index (χ2n) is 3.70. The zero-order chi connectivity index (χ0) is 11.5. The summed E-state index contributed by atoms with van der Waals surface area (Å²) in [6, 6.07) is 14.9. The molecule has 80 valence electrons. The summed E-state index contributed by atoms with van der Waals surface area (Å²) in [6.45, 7) is 2.02. The molecule has 0 aromatic heterocycles. The number of benzene rings is 2. The number of aryl methyl sites for hydroxylation is 1. The second-order valence-corrected chi connectivity index (χ2v) is 3.70. The molecular weight excluding hydrogens is 200 g/mol. The zero-order valence-electron chi connectivity index (χ0n) is 8.97. The number of carboxylic acids is 1. The highest BCUT2D eigenvalue weighted by atomic mass is 16.4. The molecule has 0 aliphatic carbocycles. The Morgan fingerprint density at radius 3 is 2.50 bits per heavy atom. The van der Waals surface area contributed by atoms with E-state index in [1.54, 1.807) is 18.2 Å². The van der Waals surface area contributed by atoms with Crippen LogP contribution in [0.4, 0.5) is 0 Å². The summed E-state index contributed by atoms with van der Waals surface area (Å²) >= 11 is 0. The van der Waals surface area contributed by atoms with Crippen molar-refractivity contribution in [3.8, 4) is 11.1 Å². The van der Waals surface area contributed by atoms with Crippen LogP contribution in [0.1, 0.15) is 15.9 Å². The van der Waals surface area contributed by atoms with Gasteiger partial charge in [-0.2, -0.15) is 0 Å². The summed E-state index contributed by atoms with van der Waals surface area (Å²) in [6.07, 6.45) is 0. The van der Waals surface area contributed by atoms with Crippen molar-refractivity contribution >= 4 is 5.97 Å². The number of rotatable bonds is 2. The van der Waals surface area contributed by atoms with E-state index >= 15 is 0 Å². The molecule has 0 heterocycles. The Kier molecular flexibility index (Phi) is 2.73. The summed E-state index contributed by atoms with van der Waals surface area (Å²) in [7, 11) is 0. The summed E-state index contributed by atoms with van der Waals surface area (Å²) in [5.41, 5.74) is 3.48. The van der Waals surface area contributed by atoms with E-state index in [9.17, 15) is 4.79 Å². The number of carboxylic acid groups (broad SMARTS) is 1. The molecule has 0 atom stereocenters. The minimum atomic E-state index is -0.893. The Morgan fingerprint density at radius 2 is 1.81 bits per heavy atom. The van der Waals surface area contributed by atoms with Gasteiger partial charge in [0.05, 0.1) is 5.56 Å². The molecule has 2 aromatic carbocycles. The Balaban J connectivity index is 2.53. The lowest BCUT2D eigenvalue weighted by Crippen LogP contribution is -1.96. The Hall–Kier alpha value is -2.09. The van der Waals surface area contributed by atoms with Crippen molar-refractivity contribution in [2.45, 2.75) is 6.92 Å². The highest BCUT2D eigenvalue weighted by molar-refractivity contribution is 5.89. The van der Waals surface area contributed by atoms with Crippen molar-refractivity contribution in [1.29, 1.82) is 0 Å². The number of aromatic carboxylic acids is 1. The molecule has 0 spiro atoms. The van der Waals surface area contributed by atoms with Crippen LogP contribution in [-0.2, 0) is 0 Å². The average molecular weight is 212 g/mol. The monoisotopic (exact) mass is 212 g/mol. The lowest BCUT2D eigenvalue weighted by molar-refractivity contribution is 0.0697. The van der Waals surface area contributed by atoms with Crippen molar-refractivity contribution in [1.82, 2.24) is 0 Å². The van der Waals surface area contributed by atoms with Crippen LogP contribution in [0.5, 0.6) is 0 Å². The van der Waals surface area contributed by atoms with E-state index in [4.69, 9.17) is 5.11 Å². The number of carbonyl (C=O) groups is 1. The maximum absolute atomic E-state index is 10.9. The van der Waals surface area contributed by atoms with Crippen molar-refractivity contribution in [2.24, 2.45) is 0 Å². The first-order valence-electron chi connectivity index (χ1n) is 5.08. The molecule has 2 rings (SSSR count). The quantitative estimate of drug-likeness (QED) is 0.828. The zero-order valence-corrected chi connectivity index (χ0v) is 8.97. The molecule has 0 fully saturated rings. The van der Waals surface area contributed by atoms with E-state index in [2.05, 4.69) is 0 Å². The molecule has 0 aliphatic rings. The SMILES string of the molecule is Cc1ccccc1-c1cccc(C(=O)O)c1. The topological polar surface area (TPSA) is 37.3 Å². The van der Waals surface area contributed by atoms with E-state index in [1.807, 2.05) is 37.3 Å². The molecule has 0 saturated carbocycles. The average Bonchev–Trinajstić information content (AvgIpc) is 2.30. The second kappa shape index (κ2) is 4.19. The largest absolute Gasteiger partial charge is 0.478 e. The predicted molar refractivity (Wildman–Crippen MR) is 63.6 cm³/mol. The first kappa shape index (κ1) is 10.4. The molecule has 0 aliphatic heterocycles. The minimum absolute atomic E-state index is 0.320. The summed E-state index contributed by atoms with van der Waals surface area (Å²) in [5, 5.41) is 8.93. The highest BCUT2D eigenvalue weighted by Gasteiger charge is 2.05. The van der Waals surface area contributed by atoms with Gasteiger partial charge in [-0.1, -0.05) is 36.4 Å². The van der Waals surface area contributed by atoms with Crippen LogP contribution in [-0.4, -0.2) is 11.1 Å². The van der Waals surface area contributed by atoms with E-state index in [1.165, 1.54) is 0 Å². The Bertz CT molecular complexity index is 530. The van der Waals surface area contributed by atoms with Crippen LogP contribution >= 0.6 is 0 Å². The van der Waals surface area contributed by atoms with Gasteiger partial charge in [-0.15, -0.1) is 0 Å². The van der Waals surface area contributed by atoms with Crippen LogP contribution in [0, 0.1) is 6.92 Å². The summed E-state index contributed by atoms with van der Waals surface area (Å²) in [5.74, 6) is -0.893. The van der Waals surface area contributed by atoms with Gasteiger partial charge in [-0.05, 0) is 35.7 Å². The molecule has 0 unspecified atom stereocenters. The van der Waals surface area contributed by atoms with Crippen molar-refractivity contribution in [2.75, 3.05) is 0 Å². The first-order valence-corrected chi connectivity index (χ1v) is 5.08. The van der Waals surface area contributed by atoms with Crippen LogP contribution in [0.25, 0.3) is 11.1 Å². The molecule has 0 bridgehead atoms. The van der Waals surface area contributed by atoms with Crippen LogP contribution in [0.15, 0.2) is 48.5 Å². The normalized spacial score (nSPS) is 10.1. The fourth-order valence-corrected chi connectivity index (χ4v) is 1.72. The van der Waals surface area contributed by atoms with Crippen molar-refractivity contribution in [3.05, 3.63) is 59.7 Å². The minimum Gasteiger partial charge on any atom is -0.478 e. The number of hydrogen-bond donors (Lipinski definition) is 1. The molecule has 2 heteroatoms. The summed E-state index contributed by atoms with van der Waals surface area (Å²) < 4.78 is 0. The molecular formula is C14H12O2. The van der Waals surface area contributed by atoms with Crippen molar-refractivity contribution in [3.63, 3.8) is 0 Å². The Labute approximate surface area is 94.2 Å². The van der Waals surface area contributed by atoms with Gasteiger partial charge in [-0.25, -0.2) is 4.79 Å². The maximum atomic E-state index is 10.9. The molecule has 0 radical (unpaired) electrons. The lowest BCUT2D eigenvalue weighted by Gasteiger charge is -2.06. The van der Waals surface area contributed by atoms with Gasteiger partial charge in [0.25, 0.3) is 0 Å².